The average molecular weight is 573 g/mol. The third kappa shape index (κ3) is 5.47. The maximum absolute atomic E-state index is 12.1. The van der Waals surface area contributed by atoms with Gasteiger partial charge in [-0.2, -0.15) is 0 Å². The van der Waals surface area contributed by atoms with Gasteiger partial charge in [0.1, 0.15) is 18.1 Å². The quantitative estimate of drug-likeness (QED) is 0.251. The van der Waals surface area contributed by atoms with E-state index in [1.807, 2.05) is 36.4 Å². The highest BCUT2D eigenvalue weighted by Crippen LogP contribution is 2.51. The number of alkyl carbamates (subject to hydrolysis) is 1. The van der Waals surface area contributed by atoms with Crippen LogP contribution >= 0.6 is 11.6 Å². The number of hydrogen-bond donors (Lipinski definition) is 1. The van der Waals surface area contributed by atoms with Gasteiger partial charge in [-0.3, -0.25) is 9.28 Å². The Hall–Kier alpha value is -2.04. The van der Waals surface area contributed by atoms with Crippen molar-refractivity contribution in [1.29, 1.82) is 0 Å². The van der Waals surface area contributed by atoms with E-state index in [0.29, 0.717) is 9.51 Å². The fraction of sp³-hybridized carbons (Fsp3) is 0.391. The smallest absolute Gasteiger partial charge is 0.411 e. The topological polar surface area (TPSA) is 73.9 Å². The molecule has 3 unspecified atom stereocenters. The van der Waals surface area contributed by atoms with E-state index in [-0.39, 0.29) is 61.7 Å². The van der Waals surface area contributed by atoms with Crippen LogP contribution in [0.5, 0.6) is 11.5 Å². The molecule has 2 aliphatic rings. The van der Waals surface area contributed by atoms with Crippen molar-refractivity contribution in [3.63, 3.8) is 0 Å². The molecule has 1 N–H and O–H groups in total. The molecule has 32 heavy (non-hydrogen) atoms. The molecular formula is C23H26ClIN2O5. The zero-order chi connectivity index (χ0) is 22.0. The van der Waals surface area contributed by atoms with Gasteiger partial charge in [-0.05, 0) is 24.3 Å². The summed E-state index contributed by atoms with van der Waals surface area (Å²) in [5, 5.41) is 3.28. The minimum atomic E-state index is -0.522. The Morgan fingerprint density at radius 1 is 1.09 bits per heavy atom. The number of esters is 1. The van der Waals surface area contributed by atoms with Crippen LogP contribution < -0.4 is 34.0 Å². The first-order valence-corrected chi connectivity index (χ1v) is 10.7. The van der Waals surface area contributed by atoms with Gasteiger partial charge in [-0.1, -0.05) is 29.8 Å². The summed E-state index contributed by atoms with van der Waals surface area (Å²) in [7, 11) is 2.09. The standard InChI is InChI=1S/C23H25ClN2O5.HI/c1-15(27)29-10-9-25-23(28)30-14-26(2)12-19-17-5-3-4-6-21(17)31-22-8-7-16(24)11-18(22)20(19)13-26;/h3-8,11,19-20H,9-10,12-14H2,1-2H3;1H. The first-order valence-electron chi connectivity index (χ1n) is 10.3. The molecule has 2 heterocycles. The third-order valence-corrected chi connectivity index (χ3v) is 6.09. The molecule has 0 aromatic heterocycles. The van der Waals surface area contributed by atoms with Crippen molar-refractivity contribution in [2.24, 2.45) is 0 Å². The maximum atomic E-state index is 12.1. The summed E-state index contributed by atoms with van der Waals surface area (Å²) in [6, 6.07) is 13.9. The predicted octanol–water partition coefficient (Wildman–Crippen LogP) is 1.02. The molecular weight excluding hydrogens is 547 g/mol. The molecule has 0 radical (unpaired) electrons. The second-order valence-corrected chi connectivity index (χ2v) is 8.78. The van der Waals surface area contributed by atoms with Crippen molar-refractivity contribution in [3.8, 4) is 11.5 Å². The minimum Gasteiger partial charge on any atom is -1.00 e. The fourth-order valence-electron chi connectivity index (χ4n) is 4.53. The molecule has 4 rings (SSSR count). The molecule has 0 aliphatic carbocycles. The van der Waals surface area contributed by atoms with Crippen LogP contribution in [0.1, 0.15) is 29.9 Å². The van der Waals surface area contributed by atoms with Gasteiger partial charge in [0.25, 0.3) is 0 Å². The van der Waals surface area contributed by atoms with E-state index in [0.717, 1.165) is 35.7 Å². The highest BCUT2D eigenvalue weighted by molar-refractivity contribution is 6.30. The molecule has 2 aromatic rings. The number of hydrogen-bond acceptors (Lipinski definition) is 5. The summed E-state index contributed by atoms with van der Waals surface area (Å²) in [5.41, 5.74) is 2.24. The van der Waals surface area contributed by atoms with Crippen LogP contribution in [-0.2, 0) is 14.3 Å². The number of amides is 1. The SMILES string of the molecule is CC(=O)OCCNC(=O)OC[N+]1(C)CC2c3ccccc3Oc3ccc(Cl)cc3C2C1.[I-]. The van der Waals surface area contributed by atoms with Crippen molar-refractivity contribution >= 4 is 23.7 Å². The average Bonchev–Trinajstić information content (AvgIpc) is 3.03. The zero-order valence-electron chi connectivity index (χ0n) is 18.0. The molecule has 2 aliphatic heterocycles. The van der Waals surface area contributed by atoms with Crippen molar-refractivity contribution in [2.75, 3.05) is 40.0 Å². The summed E-state index contributed by atoms with van der Waals surface area (Å²) in [5.74, 6) is 1.71. The lowest BCUT2D eigenvalue weighted by atomic mass is 9.84. The highest BCUT2D eigenvalue weighted by atomic mass is 127. The maximum Gasteiger partial charge on any atom is 0.411 e. The molecule has 1 fully saturated rings. The van der Waals surface area contributed by atoms with Crippen LogP contribution in [0.15, 0.2) is 42.5 Å². The minimum absolute atomic E-state index is 0. The Balaban J connectivity index is 0.00000289. The Morgan fingerprint density at radius 2 is 1.78 bits per heavy atom. The van der Waals surface area contributed by atoms with Gasteiger partial charge >= 0.3 is 12.1 Å². The lowest BCUT2D eigenvalue weighted by Gasteiger charge is -2.29. The number of benzene rings is 2. The number of para-hydroxylation sites is 1. The molecule has 3 atom stereocenters. The summed E-state index contributed by atoms with van der Waals surface area (Å²) in [6.45, 7) is 3.49. The van der Waals surface area contributed by atoms with Crippen LogP contribution in [0.25, 0.3) is 0 Å². The largest absolute Gasteiger partial charge is 1.00 e. The molecule has 9 heteroatoms. The van der Waals surface area contributed by atoms with E-state index < -0.39 is 6.09 Å². The Labute approximate surface area is 209 Å². The number of ether oxygens (including phenoxy) is 3. The fourth-order valence-corrected chi connectivity index (χ4v) is 4.71. The molecule has 1 amide bonds. The van der Waals surface area contributed by atoms with Crippen LogP contribution in [0.4, 0.5) is 4.79 Å². The number of rotatable bonds is 5. The number of quaternary nitrogens is 1. The number of carbonyl (C=O) groups excluding carboxylic acids is 2. The summed E-state index contributed by atoms with van der Waals surface area (Å²) >= 11 is 6.32. The number of nitrogens with one attached hydrogen (secondary N) is 1. The van der Waals surface area contributed by atoms with E-state index in [1.54, 1.807) is 0 Å². The number of halogens is 2. The van der Waals surface area contributed by atoms with Gasteiger partial charge in [-0.25, -0.2) is 4.79 Å². The summed E-state index contributed by atoms with van der Waals surface area (Å²) in [4.78, 5) is 22.9. The first kappa shape index (κ1) is 24.6. The number of nitrogens with zero attached hydrogens (tertiary/aromatic N) is 1. The molecule has 172 valence electrons. The van der Waals surface area contributed by atoms with Crippen LogP contribution in [0.3, 0.4) is 0 Å². The number of fused-ring (bicyclic) bond motifs is 5. The summed E-state index contributed by atoms with van der Waals surface area (Å²) in [6.07, 6.45) is -0.522. The Bertz CT molecular complexity index is 1000. The monoisotopic (exact) mass is 572 g/mol. The van der Waals surface area contributed by atoms with Gasteiger partial charge in [-0.15, -0.1) is 0 Å². The zero-order valence-corrected chi connectivity index (χ0v) is 20.9. The van der Waals surface area contributed by atoms with E-state index >= 15 is 0 Å². The highest BCUT2D eigenvalue weighted by Gasteiger charge is 2.48. The van der Waals surface area contributed by atoms with Gasteiger partial charge in [0.15, 0.2) is 0 Å². The summed E-state index contributed by atoms with van der Waals surface area (Å²) < 4.78 is 17.1. The molecule has 0 spiro atoms. The van der Waals surface area contributed by atoms with Gasteiger partial charge in [0, 0.05) is 34.9 Å². The van der Waals surface area contributed by atoms with E-state index in [1.165, 1.54) is 6.92 Å². The van der Waals surface area contributed by atoms with E-state index in [4.69, 9.17) is 25.8 Å². The van der Waals surface area contributed by atoms with Crippen molar-refractivity contribution in [1.82, 2.24) is 5.32 Å². The predicted molar refractivity (Wildman–Crippen MR) is 115 cm³/mol. The van der Waals surface area contributed by atoms with Crippen molar-refractivity contribution < 1.29 is 52.3 Å². The lowest BCUT2D eigenvalue weighted by molar-refractivity contribution is -0.915. The van der Waals surface area contributed by atoms with Crippen molar-refractivity contribution in [3.05, 3.63) is 58.6 Å². The number of carbonyl (C=O) groups is 2. The normalized spacial score (nSPS) is 22.7. The van der Waals surface area contributed by atoms with Crippen molar-refractivity contribution in [2.45, 2.75) is 18.8 Å². The third-order valence-electron chi connectivity index (χ3n) is 5.85. The van der Waals surface area contributed by atoms with E-state index in [9.17, 15) is 9.59 Å². The second-order valence-electron chi connectivity index (χ2n) is 8.35. The van der Waals surface area contributed by atoms with Crippen LogP contribution in [0.2, 0.25) is 5.02 Å². The molecule has 0 bridgehead atoms. The van der Waals surface area contributed by atoms with Crippen LogP contribution in [-0.4, -0.2) is 56.6 Å². The molecule has 2 aromatic carbocycles. The Kier molecular flexibility index (Phi) is 7.89. The van der Waals surface area contributed by atoms with Gasteiger partial charge < -0.3 is 43.5 Å². The van der Waals surface area contributed by atoms with Gasteiger partial charge in [0.2, 0.25) is 6.73 Å². The Morgan fingerprint density at radius 3 is 2.53 bits per heavy atom. The molecule has 7 nitrogen and oxygen atoms in total. The van der Waals surface area contributed by atoms with Gasteiger partial charge in [0.05, 0.1) is 26.7 Å². The molecule has 1 saturated heterocycles. The van der Waals surface area contributed by atoms with E-state index in [2.05, 4.69) is 18.4 Å². The second kappa shape index (κ2) is 10.3. The van der Waals surface area contributed by atoms with Crippen LogP contribution in [0, 0.1) is 0 Å². The first-order chi connectivity index (χ1) is 14.8. The molecule has 0 saturated carbocycles. The number of likely N-dealkylation sites (tertiary alicyclic amines) is 1. The number of likely N-dealkylation sites (N-methyl/N-ethyl adjacent to an activating group) is 1. The lowest BCUT2D eigenvalue weighted by Crippen LogP contribution is -3.00.